The summed E-state index contributed by atoms with van der Waals surface area (Å²) in [4.78, 5) is 25.2. The maximum Gasteiger partial charge on any atom is 0.297 e. The van der Waals surface area contributed by atoms with Crippen molar-refractivity contribution in [3.05, 3.63) is 51.4 Å². The van der Waals surface area contributed by atoms with Crippen molar-refractivity contribution >= 4 is 33.8 Å². The zero-order valence-corrected chi connectivity index (χ0v) is 16.1. The first-order valence-electron chi connectivity index (χ1n) is 7.75. The van der Waals surface area contributed by atoms with E-state index in [1.807, 2.05) is 52.0 Å². The number of nitrogens with zero attached hydrogens (tertiary/aromatic N) is 4. The number of aromatic nitrogens is 4. The molecule has 0 fully saturated rings. The van der Waals surface area contributed by atoms with E-state index in [1.54, 1.807) is 0 Å². The molecule has 2 heterocycles. The van der Waals surface area contributed by atoms with Gasteiger partial charge in [-0.3, -0.25) is 9.59 Å². The number of Topliss-reactive ketones (excluding diaryl/α,β-unsaturated/α-hetero) is 1. The van der Waals surface area contributed by atoms with Gasteiger partial charge in [-0.2, -0.15) is 4.52 Å². The van der Waals surface area contributed by atoms with E-state index in [4.69, 9.17) is 0 Å². The van der Waals surface area contributed by atoms with Gasteiger partial charge in [0.15, 0.2) is 10.1 Å². The largest absolute Gasteiger partial charge is 0.297 e. The highest BCUT2D eigenvalue weighted by Gasteiger charge is 2.23. The van der Waals surface area contributed by atoms with Crippen LogP contribution in [-0.4, -0.2) is 31.3 Å². The third kappa shape index (κ3) is 3.80. The summed E-state index contributed by atoms with van der Waals surface area (Å²) in [6, 6.07) is 7.47. The standard InChI is InChI=1S/C17H18N4O2S2/c1-10-5-7-11(8-6-10)12(22)9-24-16-20-21-14(23)13(17(2,3)4)18-19-15(21)25-16/h5-8H,9H2,1-4H3. The molecule has 6 nitrogen and oxygen atoms in total. The molecule has 3 rings (SSSR count). The quantitative estimate of drug-likeness (QED) is 0.516. The molecule has 0 atom stereocenters. The number of rotatable bonds is 4. The molecule has 0 radical (unpaired) electrons. The Morgan fingerprint density at radius 1 is 1.20 bits per heavy atom. The summed E-state index contributed by atoms with van der Waals surface area (Å²) in [5, 5.41) is 12.4. The number of carbonyl (C=O) groups excluding carboxylic acids is 1. The molecule has 0 amide bonds. The lowest BCUT2D eigenvalue weighted by Gasteiger charge is -2.14. The molecule has 1 aromatic carbocycles. The van der Waals surface area contributed by atoms with Crippen LogP contribution in [0.4, 0.5) is 0 Å². The summed E-state index contributed by atoms with van der Waals surface area (Å²) in [5.41, 5.74) is 1.51. The van der Waals surface area contributed by atoms with Crippen molar-refractivity contribution in [3.63, 3.8) is 0 Å². The van der Waals surface area contributed by atoms with Crippen molar-refractivity contribution < 1.29 is 4.79 Å². The van der Waals surface area contributed by atoms with Crippen molar-refractivity contribution in [2.45, 2.75) is 37.4 Å². The van der Waals surface area contributed by atoms with Gasteiger partial charge in [-0.25, -0.2) is 0 Å². The van der Waals surface area contributed by atoms with Crippen molar-refractivity contribution in [1.29, 1.82) is 0 Å². The van der Waals surface area contributed by atoms with E-state index in [1.165, 1.54) is 27.6 Å². The second-order valence-electron chi connectivity index (χ2n) is 6.74. The number of hydrogen-bond acceptors (Lipinski definition) is 7. The Balaban J connectivity index is 1.81. The zero-order valence-electron chi connectivity index (χ0n) is 14.4. The molecule has 0 saturated carbocycles. The summed E-state index contributed by atoms with van der Waals surface area (Å²) in [7, 11) is 0. The van der Waals surface area contributed by atoms with Crippen LogP contribution in [0.25, 0.3) is 4.96 Å². The van der Waals surface area contributed by atoms with Gasteiger partial charge in [-0.15, -0.1) is 15.3 Å². The SMILES string of the molecule is Cc1ccc(C(=O)CSc2nn3c(=O)c(C(C)(C)C)nnc3s2)cc1. The molecule has 0 aliphatic carbocycles. The van der Waals surface area contributed by atoms with Gasteiger partial charge >= 0.3 is 0 Å². The maximum absolute atomic E-state index is 12.5. The lowest BCUT2D eigenvalue weighted by atomic mass is 9.93. The molecule has 25 heavy (non-hydrogen) atoms. The summed E-state index contributed by atoms with van der Waals surface area (Å²) >= 11 is 2.57. The van der Waals surface area contributed by atoms with Crippen LogP contribution in [0.15, 0.2) is 33.4 Å². The minimum atomic E-state index is -0.399. The fraction of sp³-hybridized carbons (Fsp3) is 0.353. The van der Waals surface area contributed by atoms with Crippen molar-refractivity contribution in [1.82, 2.24) is 19.8 Å². The third-order valence-corrected chi connectivity index (χ3v) is 5.61. The summed E-state index contributed by atoms with van der Waals surface area (Å²) < 4.78 is 1.90. The lowest BCUT2D eigenvalue weighted by molar-refractivity contribution is 0.102. The number of benzene rings is 1. The smallest absolute Gasteiger partial charge is 0.293 e. The van der Waals surface area contributed by atoms with Gasteiger partial charge in [0, 0.05) is 11.0 Å². The van der Waals surface area contributed by atoms with Crippen LogP contribution in [0.2, 0.25) is 0 Å². The average Bonchev–Trinajstić information content (AvgIpc) is 2.96. The van der Waals surface area contributed by atoms with Crippen LogP contribution in [0, 0.1) is 6.92 Å². The lowest BCUT2D eigenvalue weighted by Crippen LogP contribution is -2.30. The first-order chi connectivity index (χ1) is 11.8. The number of ketones is 1. The third-order valence-electron chi connectivity index (χ3n) is 3.58. The van der Waals surface area contributed by atoms with Crippen molar-refractivity contribution in [2.24, 2.45) is 0 Å². The fourth-order valence-corrected chi connectivity index (χ4v) is 3.94. The maximum atomic E-state index is 12.5. The molecule has 8 heteroatoms. The second-order valence-corrected chi connectivity index (χ2v) is 8.92. The van der Waals surface area contributed by atoms with E-state index < -0.39 is 5.41 Å². The van der Waals surface area contributed by atoms with Crippen LogP contribution in [-0.2, 0) is 5.41 Å². The molecule has 130 valence electrons. The Labute approximate surface area is 153 Å². The van der Waals surface area contributed by atoms with E-state index in [0.29, 0.717) is 20.6 Å². The van der Waals surface area contributed by atoms with E-state index >= 15 is 0 Å². The molecular weight excluding hydrogens is 356 g/mol. The monoisotopic (exact) mass is 374 g/mol. The highest BCUT2D eigenvalue weighted by molar-refractivity contribution is 8.01. The van der Waals surface area contributed by atoms with E-state index in [0.717, 1.165) is 5.56 Å². The molecule has 3 aromatic rings. The molecule has 0 spiro atoms. The molecule has 0 aliphatic heterocycles. The minimum Gasteiger partial charge on any atom is -0.293 e. The molecule has 0 N–H and O–H groups in total. The summed E-state index contributed by atoms with van der Waals surface area (Å²) in [6.07, 6.45) is 0. The van der Waals surface area contributed by atoms with Crippen molar-refractivity contribution in [3.8, 4) is 0 Å². The second kappa shape index (κ2) is 6.68. The van der Waals surface area contributed by atoms with Crippen molar-refractivity contribution in [2.75, 3.05) is 5.75 Å². The van der Waals surface area contributed by atoms with Crippen LogP contribution < -0.4 is 5.56 Å². The minimum absolute atomic E-state index is 0.0260. The van der Waals surface area contributed by atoms with Gasteiger partial charge in [0.25, 0.3) is 5.56 Å². The van der Waals surface area contributed by atoms with Gasteiger partial charge in [0.2, 0.25) is 4.96 Å². The molecule has 0 aliphatic rings. The van der Waals surface area contributed by atoms with Crippen LogP contribution in [0.5, 0.6) is 0 Å². The number of hydrogen-bond donors (Lipinski definition) is 0. The first kappa shape index (κ1) is 17.8. The van der Waals surface area contributed by atoms with E-state index in [9.17, 15) is 9.59 Å². The normalized spacial score (nSPS) is 11.8. The molecular formula is C17H18N4O2S2. The first-order valence-corrected chi connectivity index (χ1v) is 9.55. The molecule has 0 bridgehead atoms. The number of thioether (sulfide) groups is 1. The Morgan fingerprint density at radius 2 is 1.88 bits per heavy atom. The molecule has 0 unspecified atom stereocenters. The Kier molecular flexibility index (Phi) is 4.75. The number of aryl methyl sites for hydroxylation is 1. The van der Waals surface area contributed by atoms with Crippen LogP contribution in [0.3, 0.4) is 0 Å². The van der Waals surface area contributed by atoms with E-state index in [2.05, 4.69) is 15.3 Å². The van der Waals surface area contributed by atoms with Gasteiger partial charge in [0.05, 0.1) is 5.75 Å². The predicted octanol–water partition coefficient (Wildman–Crippen LogP) is 3.13. The molecule has 2 aromatic heterocycles. The van der Waals surface area contributed by atoms with E-state index in [-0.39, 0.29) is 17.1 Å². The van der Waals surface area contributed by atoms with Gasteiger partial charge in [0.1, 0.15) is 5.69 Å². The fourth-order valence-electron chi connectivity index (χ4n) is 2.18. The summed E-state index contributed by atoms with van der Waals surface area (Å²) in [5.74, 6) is 0.287. The summed E-state index contributed by atoms with van der Waals surface area (Å²) in [6.45, 7) is 7.71. The Morgan fingerprint density at radius 3 is 2.52 bits per heavy atom. The molecule has 0 saturated heterocycles. The Hall–Kier alpha value is -2.06. The highest BCUT2D eigenvalue weighted by Crippen LogP contribution is 2.24. The van der Waals surface area contributed by atoms with Gasteiger partial charge in [-0.1, -0.05) is 73.7 Å². The zero-order chi connectivity index (χ0) is 18.2. The Bertz CT molecular complexity index is 985. The predicted molar refractivity (Wildman–Crippen MR) is 99.9 cm³/mol. The van der Waals surface area contributed by atoms with Gasteiger partial charge < -0.3 is 0 Å². The highest BCUT2D eigenvalue weighted by atomic mass is 32.2. The van der Waals surface area contributed by atoms with Gasteiger partial charge in [-0.05, 0) is 6.92 Å². The number of carbonyl (C=O) groups is 1. The topological polar surface area (TPSA) is 77.2 Å². The average molecular weight is 374 g/mol. The van der Waals surface area contributed by atoms with Crippen LogP contribution >= 0.6 is 23.1 Å². The number of fused-ring (bicyclic) bond motifs is 1. The van der Waals surface area contributed by atoms with Crippen LogP contribution in [0.1, 0.15) is 42.4 Å².